The Morgan fingerprint density at radius 1 is 0.500 bits per heavy atom. The first-order valence-electron chi connectivity index (χ1n) is 32.1. The average molecular weight is 1210 g/mol. The Bertz CT molecular complexity index is 4840. The van der Waals surface area contributed by atoms with Crippen LogP contribution in [-0.2, 0) is 37.3 Å². The van der Waals surface area contributed by atoms with Crippen molar-refractivity contribution in [1.29, 1.82) is 0 Å². The molecule has 6 heteroatoms. The molecule has 0 saturated heterocycles. The maximum atomic E-state index is 10.4. The van der Waals surface area contributed by atoms with Crippen molar-refractivity contribution in [2.45, 2.75) is 78.6 Å². The van der Waals surface area contributed by atoms with E-state index in [9.17, 15) is 9.60 Å². The van der Waals surface area contributed by atoms with Crippen LogP contribution in [0.15, 0.2) is 212 Å². The smallest absolute Gasteiger partial charge is 0.268 e. The summed E-state index contributed by atoms with van der Waals surface area (Å²) in [7, 11) is 0. The van der Waals surface area contributed by atoms with Crippen LogP contribution < -0.4 is 9.30 Å². The Hall–Kier alpha value is -8.11. The quantitative estimate of drug-likeness (QED) is 0.107. The van der Waals surface area contributed by atoms with Crippen LogP contribution in [0.5, 0.6) is 11.5 Å². The van der Waals surface area contributed by atoms with E-state index in [-0.39, 0.29) is 43.0 Å². The normalized spacial score (nSPS) is 14.4. The first-order chi connectivity index (χ1) is 42.5. The van der Waals surface area contributed by atoms with Gasteiger partial charge in [-0.05, 0) is 125 Å². The predicted octanol–water partition coefficient (Wildman–Crippen LogP) is 18.2. The Kier molecular flexibility index (Phi) is 10.0. The zero-order valence-corrected chi connectivity index (χ0v) is 47.0. The van der Waals surface area contributed by atoms with Crippen molar-refractivity contribution in [1.82, 2.24) is 14.1 Å². The molecule has 0 aliphatic heterocycles. The Morgan fingerprint density at radius 3 is 1.77 bits per heavy atom. The summed E-state index contributed by atoms with van der Waals surface area (Å²) >= 11 is 0. The van der Waals surface area contributed by atoms with Crippen LogP contribution in [0.25, 0.3) is 94.5 Å². The Morgan fingerprint density at radius 2 is 1.09 bits per heavy atom. The second-order valence-corrected chi connectivity index (χ2v) is 22.4. The number of benzene rings is 9. The summed E-state index contributed by atoms with van der Waals surface area (Å²) in [4.78, 5) is 4.85. The van der Waals surface area contributed by atoms with Gasteiger partial charge in [-0.15, -0.1) is 29.7 Å². The van der Waals surface area contributed by atoms with Crippen LogP contribution in [-0.4, -0.2) is 14.1 Å². The number of rotatable bonds is 9. The number of ether oxygens (including phenoxy) is 1. The summed E-state index contributed by atoms with van der Waals surface area (Å²) in [5, 5.41) is 2.00. The summed E-state index contributed by atoms with van der Waals surface area (Å²) in [6, 6.07) is 39.1. The second kappa shape index (κ2) is 20.4. The molecule has 9 aromatic carbocycles. The molecule has 0 saturated carbocycles. The van der Waals surface area contributed by atoms with Crippen LogP contribution in [0.4, 0.5) is 0 Å². The molecule has 0 spiro atoms. The van der Waals surface area contributed by atoms with Gasteiger partial charge in [0, 0.05) is 44.3 Å². The standard InChI is InChI=1S/C72H62N4O.Pt/c1-70(2,3)54-27-20-26-50(41-54)62-42-56(72(7,8)9)43-63(53-39-51(48-22-12-10-13-23-48)38-52(40-53)49-24-14-11-15-25-49)69(62)75-47-74(65-32-18-19-33-66(65)75)57-28-21-29-58(45-57)77-59-34-35-61-60-30-16-17-31-64(60)76(67(61)46-59)68-44-55(36-37-73-68)71(4,5)6;/h10-44H,1-9H3;/q-2;/i10D,11D,12D,13D,14D,15D,22D,23D,24D,25D,38D,39D,40D;. The zero-order valence-electron chi connectivity index (χ0n) is 57.7. The molecular formula is C72H62N4OPt-2. The molecule has 0 atom stereocenters. The molecule has 0 aliphatic carbocycles. The molecule has 0 bridgehead atoms. The van der Waals surface area contributed by atoms with E-state index in [4.69, 9.17) is 17.9 Å². The molecule has 0 radical (unpaired) electrons. The van der Waals surface area contributed by atoms with Gasteiger partial charge in [-0.25, -0.2) is 4.98 Å². The minimum Gasteiger partial charge on any atom is -0.510 e. The Balaban J connectivity index is 0.00000850. The number of hydrogen-bond donors (Lipinski definition) is 0. The van der Waals surface area contributed by atoms with Gasteiger partial charge in [0.15, 0.2) is 0 Å². The van der Waals surface area contributed by atoms with Gasteiger partial charge in [0.25, 0.3) is 6.33 Å². The molecule has 12 aromatic rings. The fourth-order valence-electron chi connectivity index (χ4n) is 9.80. The second-order valence-electron chi connectivity index (χ2n) is 22.4. The molecule has 12 rings (SSSR count). The molecular weight excluding hydrogens is 1130 g/mol. The van der Waals surface area contributed by atoms with Crippen molar-refractivity contribution in [3.05, 3.63) is 247 Å². The zero-order chi connectivity index (χ0) is 64.5. The van der Waals surface area contributed by atoms with E-state index in [1.54, 1.807) is 6.07 Å². The van der Waals surface area contributed by atoms with Crippen molar-refractivity contribution in [3.8, 4) is 73.2 Å². The summed E-state index contributed by atoms with van der Waals surface area (Å²) in [6.45, 7) is 18.9. The SMILES string of the molecule is [2H]c1c([2H])c([2H])c(-c2c([2H])c(-c3cc(C(C)(C)C)cc(-c4cccc(C(C)(C)C)c4)c3-[n+]3[c-]n(-c4[c-]c(Oc5[c-]c6c(cc5)c5ccccc5n6-c5cc(C(C)(C)C)ccn5)ccc4)c4ccccc43)c([2H])c(-c3c([2H])c([2H])c([2H])c([2H])c3[2H])c2[2H])c([2H])c1[2H].[Pt]. The fraction of sp³-hybridized carbons (Fsp3) is 0.167. The number of pyridine rings is 1. The molecule has 3 heterocycles. The van der Waals surface area contributed by atoms with E-state index >= 15 is 0 Å². The number of nitrogens with zero attached hydrogens (tertiary/aromatic N) is 4. The molecule has 0 amide bonds. The third-order valence-electron chi connectivity index (χ3n) is 13.9. The number of hydrogen-bond acceptors (Lipinski definition) is 2. The van der Waals surface area contributed by atoms with Crippen LogP contribution >= 0.6 is 0 Å². The molecule has 0 unspecified atom stereocenters. The third kappa shape index (κ3) is 9.93. The molecule has 3 aromatic heterocycles. The largest absolute Gasteiger partial charge is 0.510 e. The number of fused-ring (bicyclic) bond motifs is 4. The van der Waals surface area contributed by atoms with Gasteiger partial charge in [0.1, 0.15) is 5.82 Å². The summed E-state index contributed by atoms with van der Waals surface area (Å²) in [6.07, 6.45) is 5.48. The third-order valence-corrected chi connectivity index (χ3v) is 13.9. The van der Waals surface area contributed by atoms with Crippen molar-refractivity contribution in [2.75, 3.05) is 0 Å². The van der Waals surface area contributed by atoms with Crippen molar-refractivity contribution >= 4 is 32.8 Å². The summed E-state index contributed by atoms with van der Waals surface area (Å²) in [5.74, 6) is 1.53. The first kappa shape index (κ1) is 38.4. The number of para-hydroxylation sites is 3. The van der Waals surface area contributed by atoms with Crippen LogP contribution in [0.2, 0.25) is 0 Å². The van der Waals surface area contributed by atoms with Crippen LogP contribution in [0, 0.1) is 18.5 Å². The number of imidazole rings is 1. The van der Waals surface area contributed by atoms with Crippen molar-refractivity contribution in [3.63, 3.8) is 0 Å². The maximum absolute atomic E-state index is 10.4. The summed E-state index contributed by atoms with van der Waals surface area (Å²) in [5.41, 5.74) is 4.87. The van der Waals surface area contributed by atoms with E-state index in [1.165, 1.54) is 0 Å². The van der Waals surface area contributed by atoms with Gasteiger partial charge in [0.2, 0.25) is 0 Å². The minimum atomic E-state index is -0.746. The molecule has 0 aliphatic rings. The van der Waals surface area contributed by atoms with E-state index in [1.807, 2.05) is 127 Å². The van der Waals surface area contributed by atoms with Gasteiger partial charge in [0.05, 0.1) is 34.5 Å². The maximum Gasteiger partial charge on any atom is 0.268 e. The van der Waals surface area contributed by atoms with Crippen LogP contribution in [0.1, 0.15) is 96.8 Å². The number of aromatic nitrogens is 4. The molecule has 0 fully saturated rings. The van der Waals surface area contributed by atoms with Crippen LogP contribution in [0.3, 0.4) is 0 Å². The molecule has 388 valence electrons. The predicted molar refractivity (Wildman–Crippen MR) is 318 cm³/mol. The average Bonchev–Trinajstić information content (AvgIpc) is 1.76. The van der Waals surface area contributed by atoms with Crippen molar-refractivity contribution in [2.24, 2.45) is 0 Å². The van der Waals surface area contributed by atoms with Crippen molar-refractivity contribution < 1.29 is 48.2 Å². The fourth-order valence-corrected chi connectivity index (χ4v) is 9.80. The monoisotopic (exact) mass is 1210 g/mol. The van der Waals surface area contributed by atoms with E-state index in [0.29, 0.717) is 39.5 Å². The van der Waals surface area contributed by atoms with Gasteiger partial charge >= 0.3 is 0 Å². The van der Waals surface area contributed by atoms with Gasteiger partial charge < -0.3 is 13.9 Å². The van der Waals surface area contributed by atoms with Gasteiger partial charge in [-0.1, -0.05) is 207 Å². The molecule has 78 heavy (non-hydrogen) atoms. The van der Waals surface area contributed by atoms with Gasteiger partial charge in [-0.2, -0.15) is 18.2 Å². The van der Waals surface area contributed by atoms with E-state index < -0.39 is 106 Å². The topological polar surface area (TPSA) is 35.9 Å². The molecule has 0 N–H and O–H groups in total. The first-order valence-corrected chi connectivity index (χ1v) is 25.6. The van der Waals surface area contributed by atoms with E-state index in [0.717, 1.165) is 49.9 Å². The van der Waals surface area contributed by atoms with Gasteiger partial charge in [-0.3, -0.25) is 4.57 Å². The summed E-state index contributed by atoms with van der Waals surface area (Å²) < 4.78 is 132. The minimum absolute atomic E-state index is 0. The van der Waals surface area contributed by atoms with E-state index in [2.05, 4.69) is 94.9 Å². The molecule has 5 nitrogen and oxygen atoms in total. The Labute approximate surface area is 492 Å².